The van der Waals surface area contributed by atoms with E-state index < -0.39 is 0 Å². The van der Waals surface area contributed by atoms with Gasteiger partial charge in [-0.05, 0) is 31.0 Å². The van der Waals surface area contributed by atoms with Crippen molar-refractivity contribution in [1.82, 2.24) is 15.3 Å². The highest BCUT2D eigenvalue weighted by atomic mass is 35.5. The van der Waals surface area contributed by atoms with Crippen LogP contribution in [0.3, 0.4) is 0 Å². The van der Waals surface area contributed by atoms with E-state index in [-0.39, 0.29) is 5.91 Å². The molecule has 0 aliphatic rings. The lowest BCUT2D eigenvalue weighted by Gasteiger charge is -2.10. The van der Waals surface area contributed by atoms with Crippen molar-refractivity contribution < 1.29 is 4.79 Å². The predicted molar refractivity (Wildman–Crippen MR) is 88.7 cm³/mol. The molecule has 0 saturated heterocycles. The van der Waals surface area contributed by atoms with Crippen molar-refractivity contribution in [1.29, 1.82) is 0 Å². The molecule has 0 atom stereocenters. The Kier molecular flexibility index (Phi) is 5.72. The van der Waals surface area contributed by atoms with Crippen molar-refractivity contribution in [3.8, 4) is 0 Å². The standard InChI is InChI=1S/C16H19ClN4O/c1-3-4-8-18-16(22)14-9-15(20-10-19-14)21-13-7-5-6-12(17)11(13)2/h5-7,9-10H,3-4,8H2,1-2H3,(H,18,22)(H,19,20,21). The van der Waals surface area contributed by atoms with Crippen LogP contribution in [0.25, 0.3) is 0 Å². The van der Waals surface area contributed by atoms with E-state index in [1.165, 1.54) is 6.33 Å². The number of nitrogens with one attached hydrogen (secondary N) is 2. The number of carbonyl (C=O) groups is 1. The van der Waals surface area contributed by atoms with Gasteiger partial charge in [0.2, 0.25) is 0 Å². The zero-order valence-corrected chi connectivity index (χ0v) is 13.4. The summed E-state index contributed by atoms with van der Waals surface area (Å²) in [6, 6.07) is 7.22. The summed E-state index contributed by atoms with van der Waals surface area (Å²) in [5.41, 5.74) is 2.12. The molecule has 22 heavy (non-hydrogen) atoms. The van der Waals surface area contributed by atoms with E-state index in [1.54, 1.807) is 6.07 Å². The van der Waals surface area contributed by atoms with Crippen LogP contribution in [0.4, 0.5) is 11.5 Å². The van der Waals surface area contributed by atoms with Crippen LogP contribution in [-0.2, 0) is 0 Å². The van der Waals surface area contributed by atoms with Crippen LogP contribution in [0.1, 0.15) is 35.8 Å². The first-order valence-corrected chi connectivity index (χ1v) is 7.62. The van der Waals surface area contributed by atoms with Gasteiger partial charge in [0.05, 0.1) is 0 Å². The van der Waals surface area contributed by atoms with Crippen molar-refractivity contribution in [2.75, 3.05) is 11.9 Å². The normalized spacial score (nSPS) is 10.3. The van der Waals surface area contributed by atoms with Crippen LogP contribution in [0, 0.1) is 6.92 Å². The lowest BCUT2D eigenvalue weighted by molar-refractivity contribution is 0.0948. The SMILES string of the molecule is CCCCNC(=O)c1cc(Nc2cccc(Cl)c2C)ncn1. The second kappa shape index (κ2) is 7.75. The summed E-state index contributed by atoms with van der Waals surface area (Å²) in [6.45, 7) is 4.64. The van der Waals surface area contributed by atoms with Crippen LogP contribution >= 0.6 is 11.6 Å². The number of unbranched alkanes of at least 4 members (excludes halogenated alkanes) is 1. The number of anilines is 2. The number of halogens is 1. The fraction of sp³-hybridized carbons (Fsp3) is 0.312. The molecular weight excluding hydrogens is 300 g/mol. The summed E-state index contributed by atoms with van der Waals surface area (Å²) in [4.78, 5) is 20.1. The monoisotopic (exact) mass is 318 g/mol. The van der Waals surface area contributed by atoms with Gasteiger partial charge in [-0.15, -0.1) is 0 Å². The predicted octanol–water partition coefficient (Wildman–Crippen LogP) is 3.71. The van der Waals surface area contributed by atoms with Gasteiger partial charge in [0.25, 0.3) is 5.91 Å². The minimum atomic E-state index is -0.193. The smallest absolute Gasteiger partial charge is 0.270 e. The van der Waals surface area contributed by atoms with Crippen molar-refractivity contribution in [3.05, 3.63) is 46.9 Å². The number of aromatic nitrogens is 2. The Bertz CT molecular complexity index is 660. The molecule has 1 aromatic carbocycles. The number of hydrogen-bond acceptors (Lipinski definition) is 4. The summed E-state index contributed by atoms with van der Waals surface area (Å²) in [5, 5.41) is 6.67. The molecule has 0 radical (unpaired) electrons. The number of benzene rings is 1. The highest BCUT2D eigenvalue weighted by Crippen LogP contribution is 2.25. The zero-order valence-electron chi connectivity index (χ0n) is 12.7. The van der Waals surface area contributed by atoms with Gasteiger partial charge >= 0.3 is 0 Å². The molecule has 1 amide bonds. The largest absolute Gasteiger partial charge is 0.351 e. The molecule has 0 unspecified atom stereocenters. The van der Waals surface area contributed by atoms with Crippen LogP contribution in [-0.4, -0.2) is 22.4 Å². The molecule has 6 heteroatoms. The minimum absolute atomic E-state index is 0.193. The summed E-state index contributed by atoms with van der Waals surface area (Å²) >= 11 is 6.10. The van der Waals surface area contributed by atoms with E-state index in [2.05, 4.69) is 27.5 Å². The van der Waals surface area contributed by atoms with Crippen molar-refractivity contribution in [2.45, 2.75) is 26.7 Å². The fourth-order valence-corrected chi connectivity index (χ4v) is 2.07. The van der Waals surface area contributed by atoms with E-state index in [1.807, 2.05) is 25.1 Å². The van der Waals surface area contributed by atoms with Crippen molar-refractivity contribution in [3.63, 3.8) is 0 Å². The number of amides is 1. The first-order chi connectivity index (χ1) is 10.6. The molecule has 0 fully saturated rings. The summed E-state index contributed by atoms with van der Waals surface area (Å²) in [7, 11) is 0. The third-order valence-corrected chi connectivity index (χ3v) is 3.66. The third kappa shape index (κ3) is 4.18. The lowest BCUT2D eigenvalue weighted by Crippen LogP contribution is -2.25. The van der Waals surface area contributed by atoms with Crippen LogP contribution in [0.5, 0.6) is 0 Å². The average Bonchev–Trinajstić information content (AvgIpc) is 2.52. The highest BCUT2D eigenvalue weighted by molar-refractivity contribution is 6.31. The maximum atomic E-state index is 12.0. The molecule has 2 rings (SSSR count). The Labute approximate surface area is 135 Å². The fourth-order valence-electron chi connectivity index (χ4n) is 1.90. The van der Waals surface area contributed by atoms with Gasteiger partial charge in [-0.2, -0.15) is 0 Å². The molecule has 0 bridgehead atoms. The Morgan fingerprint density at radius 2 is 2.14 bits per heavy atom. The summed E-state index contributed by atoms with van der Waals surface area (Å²) < 4.78 is 0. The zero-order chi connectivity index (χ0) is 15.9. The molecule has 116 valence electrons. The molecule has 2 aromatic rings. The highest BCUT2D eigenvalue weighted by Gasteiger charge is 2.09. The van der Waals surface area contributed by atoms with E-state index in [9.17, 15) is 4.79 Å². The number of hydrogen-bond donors (Lipinski definition) is 2. The van der Waals surface area contributed by atoms with E-state index >= 15 is 0 Å². The van der Waals surface area contributed by atoms with Crippen LogP contribution < -0.4 is 10.6 Å². The topological polar surface area (TPSA) is 66.9 Å². The van der Waals surface area contributed by atoms with Crippen molar-refractivity contribution in [2.24, 2.45) is 0 Å². The number of rotatable bonds is 6. The van der Waals surface area contributed by atoms with Gasteiger partial charge < -0.3 is 10.6 Å². The van der Waals surface area contributed by atoms with Crippen molar-refractivity contribution >= 4 is 29.0 Å². The number of carbonyl (C=O) groups excluding carboxylic acids is 1. The van der Waals surface area contributed by atoms with E-state index in [0.29, 0.717) is 23.1 Å². The summed E-state index contributed by atoms with van der Waals surface area (Å²) in [6.07, 6.45) is 3.35. The van der Waals surface area contributed by atoms with Gasteiger partial charge in [-0.25, -0.2) is 9.97 Å². The maximum absolute atomic E-state index is 12.0. The maximum Gasteiger partial charge on any atom is 0.270 e. The average molecular weight is 319 g/mol. The quantitative estimate of drug-likeness (QED) is 0.797. The Morgan fingerprint density at radius 3 is 2.91 bits per heavy atom. The Morgan fingerprint density at radius 1 is 1.32 bits per heavy atom. The van der Waals surface area contributed by atoms with Gasteiger partial charge in [0, 0.05) is 23.3 Å². The Balaban J connectivity index is 2.11. The molecule has 0 aliphatic heterocycles. The van der Waals surface area contributed by atoms with Gasteiger partial charge in [0.15, 0.2) is 0 Å². The van der Waals surface area contributed by atoms with E-state index in [0.717, 1.165) is 24.1 Å². The molecule has 1 heterocycles. The lowest BCUT2D eigenvalue weighted by atomic mass is 10.2. The molecule has 5 nitrogen and oxygen atoms in total. The molecule has 0 aliphatic carbocycles. The van der Waals surface area contributed by atoms with Gasteiger partial charge in [-0.1, -0.05) is 31.0 Å². The first kappa shape index (κ1) is 16.2. The molecule has 0 saturated carbocycles. The molecule has 0 spiro atoms. The Hall–Kier alpha value is -2.14. The minimum Gasteiger partial charge on any atom is -0.351 e. The third-order valence-electron chi connectivity index (χ3n) is 3.25. The first-order valence-electron chi connectivity index (χ1n) is 7.24. The van der Waals surface area contributed by atoms with Gasteiger partial charge in [-0.3, -0.25) is 4.79 Å². The molecule has 2 N–H and O–H groups in total. The number of nitrogens with zero attached hydrogens (tertiary/aromatic N) is 2. The molecular formula is C16H19ClN4O. The molecule has 1 aromatic heterocycles. The van der Waals surface area contributed by atoms with Crippen LogP contribution in [0.2, 0.25) is 5.02 Å². The summed E-state index contributed by atoms with van der Waals surface area (Å²) in [5.74, 6) is 0.364. The van der Waals surface area contributed by atoms with E-state index in [4.69, 9.17) is 11.6 Å². The second-order valence-electron chi connectivity index (χ2n) is 4.94. The van der Waals surface area contributed by atoms with Crippen LogP contribution in [0.15, 0.2) is 30.6 Å². The van der Waals surface area contributed by atoms with Gasteiger partial charge in [0.1, 0.15) is 17.8 Å². The second-order valence-corrected chi connectivity index (χ2v) is 5.34.